The first-order valence-corrected chi connectivity index (χ1v) is 14.0. The number of piperidine rings is 2. The highest BCUT2D eigenvalue weighted by Crippen LogP contribution is 2.51. The Bertz CT molecular complexity index is 337. The monoisotopic (exact) mass is 332 g/mol. The van der Waals surface area contributed by atoms with Crippen LogP contribution in [-0.4, -0.2) is 56.9 Å². The predicted octanol–water partition coefficient (Wildman–Crippen LogP) is 4.00. The molecule has 0 spiro atoms. The minimum atomic E-state index is -2.56. The zero-order chi connectivity index (χ0) is 15.3. The van der Waals surface area contributed by atoms with Crippen LogP contribution in [0.4, 0.5) is 0 Å². The standard InChI is InChI=1S/C15H33N2O2PSi/c1-21(2,3)19-20(18,14-16-10-6-4-7-11-16)15-17-12-8-5-9-13-17/h4-15H2,1-3H3. The molecular formula is C15H33N2O2PSi. The van der Waals surface area contributed by atoms with Crippen LogP contribution in [0.25, 0.3) is 0 Å². The normalized spacial score (nSPS) is 23.4. The van der Waals surface area contributed by atoms with Gasteiger partial charge in [0.1, 0.15) is 0 Å². The lowest BCUT2D eigenvalue weighted by Crippen LogP contribution is -2.38. The van der Waals surface area contributed by atoms with E-state index in [0.717, 1.165) is 26.2 Å². The van der Waals surface area contributed by atoms with Crippen molar-refractivity contribution in [3.8, 4) is 0 Å². The Morgan fingerprint density at radius 2 is 1.19 bits per heavy atom. The first-order chi connectivity index (χ1) is 9.86. The second-order valence-corrected chi connectivity index (χ2v) is 14.8. The zero-order valence-corrected chi connectivity index (χ0v) is 16.0. The number of hydrogen-bond donors (Lipinski definition) is 0. The van der Waals surface area contributed by atoms with Crippen molar-refractivity contribution < 1.29 is 8.78 Å². The molecule has 4 nitrogen and oxygen atoms in total. The van der Waals surface area contributed by atoms with E-state index >= 15 is 0 Å². The third-order valence-corrected chi connectivity index (χ3v) is 9.35. The van der Waals surface area contributed by atoms with Gasteiger partial charge in [-0.2, -0.15) is 0 Å². The van der Waals surface area contributed by atoms with E-state index in [-0.39, 0.29) is 0 Å². The minimum absolute atomic E-state index is 0.674. The van der Waals surface area contributed by atoms with Gasteiger partial charge in [-0.15, -0.1) is 0 Å². The van der Waals surface area contributed by atoms with Crippen LogP contribution in [0.2, 0.25) is 19.6 Å². The topological polar surface area (TPSA) is 32.8 Å². The average Bonchev–Trinajstić information content (AvgIpc) is 2.38. The van der Waals surface area contributed by atoms with Crippen LogP contribution in [-0.2, 0) is 8.78 Å². The van der Waals surface area contributed by atoms with Gasteiger partial charge in [0.05, 0.1) is 12.6 Å². The van der Waals surface area contributed by atoms with Crippen molar-refractivity contribution in [2.75, 3.05) is 38.8 Å². The van der Waals surface area contributed by atoms with E-state index in [1.165, 1.54) is 38.5 Å². The third-order valence-electron chi connectivity index (χ3n) is 4.17. The highest BCUT2D eigenvalue weighted by Gasteiger charge is 2.34. The van der Waals surface area contributed by atoms with E-state index in [4.69, 9.17) is 4.21 Å². The second-order valence-electron chi connectivity index (χ2n) is 7.66. The van der Waals surface area contributed by atoms with Crippen molar-refractivity contribution in [1.29, 1.82) is 0 Å². The van der Waals surface area contributed by atoms with Crippen LogP contribution in [0.3, 0.4) is 0 Å². The van der Waals surface area contributed by atoms with Gasteiger partial charge in [-0.1, -0.05) is 12.8 Å². The van der Waals surface area contributed by atoms with Crippen LogP contribution >= 0.6 is 7.37 Å². The molecule has 0 amide bonds. The number of rotatable bonds is 6. The summed E-state index contributed by atoms with van der Waals surface area (Å²) in [4.78, 5) is 4.77. The summed E-state index contributed by atoms with van der Waals surface area (Å²) < 4.78 is 19.7. The summed E-state index contributed by atoms with van der Waals surface area (Å²) in [5.41, 5.74) is 0. The van der Waals surface area contributed by atoms with Gasteiger partial charge in [-0.05, 0) is 71.5 Å². The fraction of sp³-hybridized carbons (Fsp3) is 1.00. The molecule has 6 heteroatoms. The summed E-state index contributed by atoms with van der Waals surface area (Å²) in [6.07, 6.45) is 8.98. The van der Waals surface area contributed by atoms with Crippen LogP contribution in [0.5, 0.6) is 0 Å². The summed E-state index contributed by atoms with van der Waals surface area (Å²) in [6, 6.07) is 0. The molecule has 0 radical (unpaired) electrons. The smallest absolute Gasteiger partial charge is 0.220 e. The highest BCUT2D eigenvalue weighted by atomic mass is 31.2. The van der Waals surface area contributed by atoms with Gasteiger partial charge >= 0.3 is 0 Å². The molecule has 2 rings (SSSR count). The largest absolute Gasteiger partial charge is 0.368 e. The van der Waals surface area contributed by atoms with Crippen molar-refractivity contribution in [2.45, 2.75) is 58.2 Å². The fourth-order valence-electron chi connectivity index (χ4n) is 3.41. The Hall–Kier alpha value is 0.327. The molecule has 0 N–H and O–H groups in total. The molecule has 2 heterocycles. The maximum atomic E-state index is 13.5. The Morgan fingerprint density at radius 1 is 0.810 bits per heavy atom. The van der Waals surface area contributed by atoms with Crippen LogP contribution < -0.4 is 0 Å². The molecule has 0 unspecified atom stereocenters. The first kappa shape index (κ1) is 17.7. The van der Waals surface area contributed by atoms with E-state index < -0.39 is 15.7 Å². The molecule has 0 aromatic carbocycles. The number of nitrogens with zero attached hydrogens (tertiary/aromatic N) is 2. The lowest BCUT2D eigenvalue weighted by atomic mass is 10.1. The first-order valence-electron chi connectivity index (χ1n) is 8.60. The Kier molecular flexibility index (Phi) is 6.51. The number of likely N-dealkylation sites (tertiary alicyclic amines) is 2. The molecule has 21 heavy (non-hydrogen) atoms. The summed E-state index contributed by atoms with van der Waals surface area (Å²) in [5.74, 6) is 0. The maximum absolute atomic E-state index is 13.5. The van der Waals surface area contributed by atoms with Crippen molar-refractivity contribution in [1.82, 2.24) is 9.80 Å². The van der Waals surface area contributed by atoms with Crippen molar-refractivity contribution in [2.24, 2.45) is 0 Å². The van der Waals surface area contributed by atoms with Crippen molar-refractivity contribution >= 4 is 15.7 Å². The Balaban J connectivity index is 1.99. The number of hydrogen-bond acceptors (Lipinski definition) is 4. The SMILES string of the molecule is C[Si](C)(C)OP(=O)(CN1CCCCC1)CN1CCCCC1. The summed E-state index contributed by atoms with van der Waals surface area (Å²) >= 11 is 0. The molecule has 0 aliphatic carbocycles. The second kappa shape index (κ2) is 7.74. The molecule has 0 atom stereocenters. The molecule has 0 saturated carbocycles. The lowest BCUT2D eigenvalue weighted by molar-refractivity contribution is 0.234. The Morgan fingerprint density at radius 3 is 1.52 bits per heavy atom. The van der Waals surface area contributed by atoms with Gasteiger partial charge in [0, 0.05) is 0 Å². The molecule has 0 aromatic heterocycles. The molecule has 0 aromatic rings. The summed E-state index contributed by atoms with van der Waals surface area (Å²) in [7, 11) is -4.34. The molecule has 0 bridgehead atoms. The van der Waals surface area contributed by atoms with E-state index in [1.54, 1.807) is 0 Å². The minimum Gasteiger partial charge on any atom is -0.368 e. The molecule has 2 fully saturated rings. The van der Waals surface area contributed by atoms with Gasteiger partial charge in [0.2, 0.25) is 7.37 Å². The molecule has 2 aliphatic heterocycles. The van der Waals surface area contributed by atoms with Crippen LogP contribution in [0.15, 0.2) is 0 Å². The summed E-state index contributed by atoms with van der Waals surface area (Å²) in [5, 5.41) is 0. The fourth-order valence-corrected chi connectivity index (χ4v) is 9.74. The molecule has 2 saturated heterocycles. The van der Waals surface area contributed by atoms with E-state index in [0.29, 0.717) is 12.6 Å². The van der Waals surface area contributed by atoms with Gasteiger partial charge in [0.25, 0.3) is 0 Å². The van der Waals surface area contributed by atoms with Gasteiger partial charge in [-0.25, -0.2) is 0 Å². The van der Waals surface area contributed by atoms with Crippen molar-refractivity contribution in [3.05, 3.63) is 0 Å². The highest BCUT2D eigenvalue weighted by molar-refractivity contribution is 7.60. The average molecular weight is 333 g/mol. The van der Waals surface area contributed by atoms with Gasteiger partial charge in [-0.3, -0.25) is 14.4 Å². The zero-order valence-electron chi connectivity index (χ0n) is 14.1. The molecule has 124 valence electrons. The van der Waals surface area contributed by atoms with Crippen LogP contribution in [0.1, 0.15) is 38.5 Å². The van der Waals surface area contributed by atoms with E-state index in [9.17, 15) is 4.57 Å². The van der Waals surface area contributed by atoms with Gasteiger partial charge in [0.15, 0.2) is 8.32 Å². The quantitative estimate of drug-likeness (QED) is 0.544. The van der Waals surface area contributed by atoms with Crippen molar-refractivity contribution in [3.63, 3.8) is 0 Å². The Labute approximate surface area is 131 Å². The molecular weight excluding hydrogens is 299 g/mol. The van der Waals surface area contributed by atoms with E-state index in [2.05, 4.69) is 29.4 Å². The maximum Gasteiger partial charge on any atom is 0.220 e. The predicted molar refractivity (Wildman–Crippen MR) is 92.6 cm³/mol. The van der Waals surface area contributed by atoms with Gasteiger partial charge < -0.3 is 4.21 Å². The lowest BCUT2D eigenvalue weighted by Gasteiger charge is -2.37. The van der Waals surface area contributed by atoms with E-state index in [1.807, 2.05) is 0 Å². The third kappa shape index (κ3) is 6.53. The summed E-state index contributed by atoms with van der Waals surface area (Å²) in [6.45, 7) is 10.9. The molecule has 2 aliphatic rings. The van der Waals surface area contributed by atoms with Crippen LogP contribution in [0, 0.1) is 0 Å².